The Morgan fingerprint density at radius 2 is 1.80 bits per heavy atom. The third-order valence-electron chi connectivity index (χ3n) is 2.66. The molecule has 1 atom stereocenters. The second-order valence-corrected chi connectivity index (χ2v) is 7.52. The first-order valence-electron chi connectivity index (χ1n) is 5.26. The molecule has 82 valence electrons. The first kappa shape index (κ1) is 11.9. The van der Waals surface area contributed by atoms with Crippen LogP contribution in [0.3, 0.4) is 0 Å². The highest BCUT2D eigenvalue weighted by Gasteiger charge is 2.22. The van der Waals surface area contributed by atoms with Crippen molar-refractivity contribution in [1.82, 2.24) is 0 Å². The molecule has 0 aliphatic carbocycles. The van der Waals surface area contributed by atoms with Crippen LogP contribution in [0.25, 0.3) is 0 Å². The zero-order chi connectivity index (χ0) is 10.7. The molecule has 1 fully saturated rings. The van der Waals surface area contributed by atoms with E-state index in [1.54, 1.807) is 0 Å². The molecule has 1 aromatic rings. The van der Waals surface area contributed by atoms with Gasteiger partial charge in [-0.2, -0.15) is 0 Å². The average molecular weight is 303 g/mol. The molecule has 1 aliphatic heterocycles. The van der Waals surface area contributed by atoms with E-state index in [0.29, 0.717) is 5.92 Å². The molecule has 0 N–H and O–H groups in total. The number of rotatable bonds is 2. The zero-order valence-corrected chi connectivity index (χ0v) is 12.0. The Kier molecular flexibility index (Phi) is 4.47. The lowest BCUT2D eigenvalue weighted by atomic mass is 10.0. The maximum Gasteiger partial charge on any atom is 0.0568 e. The van der Waals surface area contributed by atoms with Gasteiger partial charge in [-0.05, 0) is 35.6 Å². The van der Waals surface area contributed by atoms with Gasteiger partial charge in [0.15, 0.2) is 0 Å². The summed E-state index contributed by atoms with van der Waals surface area (Å²) in [5.74, 6) is 3.32. The molecule has 0 nitrogen and oxygen atoms in total. The fourth-order valence-corrected chi connectivity index (χ4v) is 5.11. The molecule has 1 unspecified atom stereocenters. The van der Waals surface area contributed by atoms with Crippen LogP contribution in [0.2, 0.25) is 0 Å². The minimum absolute atomic E-state index is 0.661. The van der Waals surface area contributed by atoms with Crippen molar-refractivity contribution in [2.24, 2.45) is 0 Å². The van der Waals surface area contributed by atoms with Crippen LogP contribution in [0.15, 0.2) is 28.7 Å². The van der Waals surface area contributed by atoms with Crippen LogP contribution in [-0.4, -0.2) is 16.1 Å². The highest BCUT2D eigenvalue weighted by Crippen LogP contribution is 2.40. The van der Waals surface area contributed by atoms with Crippen LogP contribution >= 0.6 is 39.5 Å². The Labute approximate surface area is 109 Å². The molecule has 0 radical (unpaired) electrons. The van der Waals surface area contributed by atoms with Crippen LogP contribution in [-0.2, 0) is 0 Å². The minimum Gasteiger partial charge on any atom is -0.147 e. The molecule has 0 amide bonds. The first-order chi connectivity index (χ1) is 7.27. The molecular formula is C12H15BrS2. The molecular weight excluding hydrogens is 288 g/mol. The predicted octanol–water partition coefficient (Wildman–Crippen LogP) is 4.75. The third kappa shape index (κ3) is 3.18. The van der Waals surface area contributed by atoms with E-state index in [9.17, 15) is 0 Å². The van der Waals surface area contributed by atoms with Crippen LogP contribution in [0.4, 0.5) is 0 Å². The normalized spacial score (nSPS) is 20.1. The summed E-state index contributed by atoms with van der Waals surface area (Å²) in [5, 5.41) is 0. The smallest absolute Gasteiger partial charge is 0.0568 e. The SMILES string of the molecule is CC(c1ccc(Br)cc1)C1SCCCS1. The number of hydrogen-bond donors (Lipinski definition) is 0. The van der Waals surface area contributed by atoms with Gasteiger partial charge >= 0.3 is 0 Å². The van der Waals surface area contributed by atoms with E-state index in [1.165, 1.54) is 28.0 Å². The maximum atomic E-state index is 3.48. The Morgan fingerprint density at radius 3 is 2.40 bits per heavy atom. The predicted molar refractivity (Wildman–Crippen MR) is 75.9 cm³/mol. The molecule has 1 aromatic carbocycles. The van der Waals surface area contributed by atoms with E-state index in [-0.39, 0.29) is 0 Å². The van der Waals surface area contributed by atoms with E-state index in [4.69, 9.17) is 0 Å². The van der Waals surface area contributed by atoms with Gasteiger partial charge in [-0.3, -0.25) is 0 Å². The molecule has 15 heavy (non-hydrogen) atoms. The number of thioether (sulfide) groups is 2. The molecule has 0 spiro atoms. The Morgan fingerprint density at radius 1 is 1.20 bits per heavy atom. The fourth-order valence-electron chi connectivity index (χ4n) is 1.72. The van der Waals surface area contributed by atoms with Crippen molar-refractivity contribution >= 4 is 39.5 Å². The highest BCUT2D eigenvalue weighted by molar-refractivity contribution is 9.10. The number of benzene rings is 1. The van der Waals surface area contributed by atoms with Gasteiger partial charge in [0.05, 0.1) is 4.58 Å². The summed E-state index contributed by atoms with van der Waals surface area (Å²) in [7, 11) is 0. The lowest BCUT2D eigenvalue weighted by Gasteiger charge is -2.27. The highest BCUT2D eigenvalue weighted by atomic mass is 79.9. The van der Waals surface area contributed by atoms with Crippen molar-refractivity contribution in [2.45, 2.75) is 23.8 Å². The largest absolute Gasteiger partial charge is 0.147 e. The lowest BCUT2D eigenvalue weighted by Crippen LogP contribution is -2.14. The van der Waals surface area contributed by atoms with E-state index < -0.39 is 0 Å². The number of halogens is 1. The molecule has 1 saturated heterocycles. The summed E-state index contributed by atoms with van der Waals surface area (Å²) in [6.45, 7) is 2.35. The Hall–Kier alpha value is 0.400. The molecule has 0 saturated carbocycles. The summed E-state index contributed by atoms with van der Waals surface area (Å²) in [5.41, 5.74) is 1.46. The molecule has 0 bridgehead atoms. The van der Waals surface area contributed by atoms with Crippen LogP contribution in [0, 0.1) is 0 Å². The lowest BCUT2D eigenvalue weighted by molar-refractivity contribution is 0.838. The second kappa shape index (κ2) is 5.65. The van der Waals surface area contributed by atoms with E-state index in [1.807, 2.05) is 0 Å². The Balaban J connectivity index is 2.05. The zero-order valence-electron chi connectivity index (χ0n) is 8.78. The second-order valence-electron chi connectivity index (χ2n) is 3.80. The van der Waals surface area contributed by atoms with Crippen molar-refractivity contribution < 1.29 is 0 Å². The van der Waals surface area contributed by atoms with Gasteiger partial charge in [0.2, 0.25) is 0 Å². The monoisotopic (exact) mass is 302 g/mol. The maximum absolute atomic E-state index is 3.48. The van der Waals surface area contributed by atoms with Crippen molar-refractivity contribution in [2.75, 3.05) is 11.5 Å². The van der Waals surface area contributed by atoms with Gasteiger partial charge < -0.3 is 0 Å². The van der Waals surface area contributed by atoms with Crippen molar-refractivity contribution in [1.29, 1.82) is 0 Å². The van der Waals surface area contributed by atoms with Gasteiger partial charge in [-0.15, -0.1) is 23.5 Å². The molecule has 2 rings (SSSR count). The topological polar surface area (TPSA) is 0 Å². The van der Waals surface area contributed by atoms with Gasteiger partial charge in [-0.25, -0.2) is 0 Å². The van der Waals surface area contributed by atoms with Crippen LogP contribution in [0.5, 0.6) is 0 Å². The summed E-state index contributed by atoms with van der Waals surface area (Å²) in [6, 6.07) is 8.77. The molecule has 1 heterocycles. The summed E-state index contributed by atoms with van der Waals surface area (Å²) in [6.07, 6.45) is 1.37. The van der Waals surface area contributed by atoms with Crippen LogP contribution in [0.1, 0.15) is 24.8 Å². The van der Waals surface area contributed by atoms with Gasteiger partial charge in [0.25, 0.3) is 0 Å². The van der Waals surface area contributed by atoms with E-state index in [2.05, 4.69) is 70.6 Å². The van der Waals surface area contributed by atoms with Gasteiger partial charge in [0, 0.05) is 10.4 Å². The van der Waals surface area contributed by atoms with Crippen molar-refractivity contribution in [3.8, 4) is 0 Å². The first-order valence-corrected chi connectivity index (χ1v) is 8.15. The molecule has 1 aliphatic rings. The summed E-state index contributed by atoms with van der Waals surface area (Å²) >= 11 is 7.72. The van der Waals surface area contributed by atoms with Crippen molar-refractivity contribution in [3.63, 3.8) is 0 Å². The van der Waals surface area contributed by atoms with Gasteiger partial charge in [-0.1, -0.05) is 35.0 Å². The Bertz CT molecular complexity index is 304. The van der Waals surface area contributed by atoms with E-state index >= 15 is 0 Å². The minimum atomic E-state index is 0.661. The molecule has 3 heteroatoms. The van der Waals surface area contributed by atoms with Crippen LogP contribution < -0.4 is 0 Å². The molecule has 0 aromatic heterocycles. The fraction of sp³-hybridized carbons (Fsp3) is 0.500. The van der Waals surface area contributed by atoms with Gasteiger partial charge in [0.1, 0.15) is 0 Å². The van der Waals surface area contributed by atoms with Crippen molar-refractivity contribution in [3.05, 3.63) is 34.3 Å². The standard InChI is InChI=1S/C12H15BrS2/c1-9(12-14-7-2-8-15-12)10-3-5-11(13)6-4-10/h3-6,9,12H,2,7-8H2,1H3. The number of hydrogen-bond acceptors (Lipinski definition) is 2. The summed E-state index contributed by atoms with van der Waals surface area (Å²) in [4.78, 5) is 0. The average Bonchev–Trinajstić information content (AvgIpc) is 2.30. The van der Waals surface area contributed by atoms with E-state index in [0.717, 1.165) is 4.58 Å². The quantitative estimate of drug-likeness (QED) is 0.773. The third-order valence-corrected chi connectivity index (χ3v) is 6.52. The summed E-state index contributed by atoms with van der Waals surface area (Å²) < 4.78 is 1.92.